The summed E-state index contributed by atoms with van der Waals surface area (Å²) in [6.07, 6.45) is 0. The van der Waals surface area contributed by atoms with Crippen LogP contribution >= 0.6 is 0 Å². The summed E-state index contributed by atoms with van der Waals surface area (Å²) in [4.78, 5) is 24.1. The Hall–Kier alpha value is -2.62. The van der Waals surface area contributed by atoms with Gasteiger partial charge in [-0.3, -0.25) is 14.9 Å². The van der Waals surface area contributed by atoms with Crippen molar-refractivity contribution >= 4 is 23.0 Å². The first-order valence-electron chi connectivity index (χ1n) is 4.55. The lowest BCUT2D eigenvalue weighted by atomic mass is 10.2. The second kappa shape index (κ2) is 5.46. The number of hydrogen-bond acceptors (Lipinski definition) is 5. The van der Waals surface area contributed by atoms with E-state index in [1.54, 1.807) is 0 Å². The summed E-state index contributed by atoms with van der Waals surface area (Å²) in [6, 6.07) is 3.76. The summed E-state index contributed by atoms with van der Waals surface area (Å²) < 4.78 is 4.41. The van der Waals surface area contributed by atoms with E-state index >= 15 is 0 Å². The van der Waals surface area contributed by atoms with Crippen molar-refractivity contribution in [3.05, 3.63) is 39.7 Å². The fourth-order valence-electron chi connectivity index (χ4n) is 1.12. The van der Waals surface area contributed by atoms with Crippen LogP contribution in [0.5, 0.6) is 0 Å². The molecule has 0 aromatic heterocycles. The van der Waals surface area contributed by atoms with Crippen LogP contribution in [0.15, 0.2) is 18.2 Å². The number of esters is 1. The van der Waals surface area contributed by atoms with Crippen LogP contribution in [-0.2, 0) is 9.53 Å². The maximum Gasteiger partial charge on any atom is 0.325 e. The van der Waals surface area contributed by atoms with E-state index in [0.29, 0.717) is 0 Å². The van der Waals surface area contributed by atoms with E-state index in [0.717, 1.165) is 0 Å². The zero-order chi connectivity index (χ0) is 12.8. The van der Waals surface area contributed by atoms with Crippen LogP contribution in [0.1, 0.15) is 0 Å². The third-order valence-corrected chi connectivity index (χ3v) is 1.96. The summed E-state index contributed by atoms with van der Waals surface area (Å²) in [7, 11) is 1.23. The fourth-order valence-corrected chi connectivity index (χ4v) is 1.12. The molecular formula is C10H9N3O4. The molecule has 0 heterocycles. The van der Waals surface area contributed by atoms with Gasteiger partial charge in [-0.15, -0.1) is 0 Å². The van der Waals surface area contributed by atoms with Crippen molar-refractivity contribution in [2.45, 2.75) is 0 Å². The van der Waals surface area contributed by atoms with Gasteiger partial charge in [-0.25, -0.2) is 4.85 Å². The molecule has 7 heteroatoms. The van der Waals surface area contributed by atoms with Crippen molar-refractivity contribution in [1.82, 2.24) is 0 Å². The number of nitrogens with zero attached hydrogens (tertiary/aromatic N) is 2. The first-order chi connectivity index (χ1) is 8.08. The van der Waals surface area contributed by atoms with Gasteiger partial charge in [0.15, 0.2) is 0 Å². The summed E-state index contributed by atoms with van der Waals surface area (Å²) in [6.45, 7) is 6.74. The number of ether oxygens (including phenoxy) is 1. The smallest absolute Gasteiger partial charge is 0.325 e. The highest BCUT2D eigenvalue weighted by Crippen LogP contribution is 2.29. The van der Waals surface area contributed by atoms with Gasteiger partial charge in [0.25, 0.3) is 5.69 Å². The van der Waals surface area contributed by atoms with E-state index in [1.807, 2.05) is 0 Å². The maximum atomic E-state index is 10.9. The van der Waals surface area contributed by atoms with Crippen LogP contribution in [0.3, 0.4) is 0 Å². The summed E-state index contributed by atoms with van der Waals surface area (Å²) in [5, 5.41) is 13.2. The minimum absolute atomic E-state index is 0.148. The third-order valence-electron chi connectivity index (χ3n) is 1.96. The van der Waals surface area contributed by atoms with E-state index in [-0.39, 0.29) is 23.6 Å². The van der Waals surface area contributed by atoms with Crippen molar-refractivity contribution in [3.8, 4) is 0 Å². The van der Waals surface area contributed by atoms with Gasteiger partial charge in [0.1, 0.15) is 6.54 Å². The molecule has 0 atom stereocenters. The Morgan fingerprint density at radius 2 is 2.35 bits per heavy atom. The van der Waals surface area contributed by atoms with Crippen LogP contribution < -0.4 is 5.32 Å². The van der Waals surface area contributed by atoms with Gasteiger partial charge in [-0.05, 0) is 6.07 Å². The van der Waals surface area contributed by atoms with Gasteiger partial charge in [0.05, 0.1) is 18.6 Å². The topological polar surface area (TPSA) is 85.8 Å². The average Bonchev–Trinajstić information content (AvgIpc) is 2.35. The molecule has 0 aliphatic rings. The first kappa shape index (κ1) is 12.4. The largest absolute Gasteiger partial charge is 0.468 e. The minimum Gasteiger partial charge on any atom is -0.468 e. The number of methoxy groups -OCH3 is 1. The molecule has 0 spiro atoms. The van der Waals surface area contributed by atoms with Crippen LogP contribution in [-0.4, -0.2) is 24.5 Å². The highest BCUT2D eigenvalue weighted by molar-refractivity contribution is 5.79. The molecule has 0 radical (unpaired) electrons. The summed E-state index contributed by atoms with van der Waals surface area (Å²) in [5.41, 5.74) is 0.295. The van der Waals surface area contributed by atoms with Gasteiger partial charge >= 0.3 is 5.97 Å². The Morgan fingerprint density at radius 3 is 2.88 bits per heavy atom. The van der Waals surface area contributed by atoms with E-state index < -0.39 is 10.9 Å². The molecule has 0 unspecified atom stereocenters. The molecule has 0 saturated carbocycles. The number of nitrogens with one attached hydrogen (secondary N) is 1. The minimum atomic E-state index is -0.572. The number of non-ortho nitro benzene ring substituents is 1. The average molecular weight is 235 g/mol. The lowest BCUT2D eigenvalue weighted by Gasteiger charge is -2.06. The zero-order valence-electron chi connectivity index (χ0n) is 8.97. The van der Waals surface area contributed by atoms with E-state index in [9.17, 15) is 14.9 Å². The standard InChI is InChI=1S/C10H9N3O4/c1-11-8-4-3-7(13(15)16)5-9(8)12-6-10(14)17-2/h3-5,12H,6H2,2H3. The lowest BCUT2D eigenvalue weighted by Crippen LogP contribution is -2.15. The molecule has 1 N–H and O–H groups in total. The van der Waals surface area contributed by atoms with Crippen molar-refractivity contribution in [2.24, 2.45) is 0 Å². The molecule has 0 bridgehead atoms. The number of nitro groups is 1. The third kappa shape index (κ3) is 3.17. The van der Waals surface area contributed by atoms with Crippen LogP contribution in [0, 0.1) is 16.7 Å². The van der Waals surface area contributed by atoms with Gasteiger partial charge in [-0.2, -0.15) is 0 Å². The summed E-state index contributed by atoms with van der Waals surface area (Å²) >= 11 is 0. The van der Waals surface area contributed by atoms with Gasteiger partial charge in [0, 0.05) is 17.8 Å². The molecule has 1 aromatic carbocycles. The van der Waals surface area contributed by atoms with Crippen LogP contribution in [0.25, 0.3) is 4.85 Å². The molecule has 0 saturated heterocycles. The Bertz CT molecular complexity index is 493. The second-order valence-corrected chi connectivity index (χ2v) is 3.00. The van der Waals surface area contributed by atoms with E-state index in [4.69, 9.17) is 6.57 Å². The van der Waals surface area contributed by atoms with Crippen molar-refractivity contribution in [2.75, 3.05) is 19.0 Å². The number of nitro benzene ring substituents is 1. The van der Waals surface area contributed by atoms with Crippen molar-refractivity contribution in [3.63, 3.8) is 0 Å². The van der Waals surface area contributed by atoms with Crippen molar-refractivity contribution < 1.29 is 14.5 Å². The number of anilines is 1. The Morgan fingerprint density at radius 1 is 1.65 bits per heavy atom. The monoisotopic (exact) mass is 235 g/mol. The van der Waals surface area contributed by atoms with Gasteiger partial charge in [0.2, 0.25) is 5.69 Å². The van der Waals surface area contributed by atoms with Crippen LogP contribution in [0.2, 0.25) is 0 Å². The number of benzene rings is 1. The quantitative estimate of drug-likeness (QED) is 0.371. The van der Waals surface area contributed by atoms with Crippen LogP contribution in [0.4, 0.5) is 17.1 Å². The molecule has 0 aliphatic heterocycles. The van der Waals surface area contributed by atoms with Gasteiger partial charge in [-0.1, -0.05) is 0 Å². The highest BCUT2D eigenvalue weighted by Gasteiger charge is 2.11. The molecule has 17 heavy (non-hydrogen) atoms. The predicted molar refractivity (Wildman–Crippen MR) is 59.9 cm³/mol. The molecule has 1 aromatic rings. The Labute approximate surface area is 97.0 Å². The predicted octanol–water partition coefficient (Wildman–Crippen LogP) is 1.73. The normalized spacial score (nSPS) is 9.18. The number of carbonyl (C=O) groups is 1. The van der Waals surface area contributed by atoms with E-state index in [2.05, 4.69) is 14.9 Å². The van der Waals surface area contributed by atoms with E-state index in [1.165, 1.54) is 25.3 Å². The summed E-state index contributed by atoms with van der Waals surface area (Å²) in [5.74, 6) is -0.521. The molecule has 7 nitrogen and oxygen atoms in total. The highest BCUT2D eigenvalue weighted by atomic mass is 16.6. The second-order valence-electron chi connectivity index (χ2n) is 3.00. The molecule has 0 fully saturated rings. The van der Waals surface area contributed by atoms with Gasteiger partial charge < -0.3 is 10.1 Å². The Kier molecular flexibility index (Phi) is 4.00. The van der Waals surface area contributed by atoms with Crippen molar-refractivity contribution in [1.29, 1.82) is 0 Å². The number of hydrogen-bond donors (Lipinski definition) is 1. The molecule has 0 amide bonds. The lowest BCUT2D eigenvalue weighted by molar-refractivity contribution is -0.384. The fraction of sp³-hybridized carbons (Fsp3) is 0.200. The molecule has 88 valence electrons. The number of rotatable bonds is 4. The number of carbonyl (C=O) groups excluding carboxylic acids is 1. The molecule has 0 aliphatic carbocycles. The zero-order valence-corrected chi connectivity index (χ0v) is 8.97. The molecule has 1 rings (SSSR count). The first-order valence-corrected chi connectivity index (χ1v) is 4.55. The SMILES string of the molecule is [C-]#[N+]c1ccc([N+](=O)[O-])cc1NCC(=O)OC. The molecular weight excluding hydrogens is 226 g/mol. The Balaban J connectivity index is 2.95. The maximum absolute atomic E-state index is 10.9.